The van der Waals surface area contributed by atoms with Crippen molar-refractivity contribution in [3.8, 4) is 0 Å². The van der Waals surface area contributed by atoms with Gasteiger partial charge in [0.25, 0.3) is 0 Å². The van der Waals surface area contributed by atoms with Gasteiger partial charge in [-0.3, -0.25) is 0 Å². The minimum atomic E-state index is -1.75. The van der Waals surface area contributed by atoms with Gasteiger partial charge in [-0.2, -0.15) is 0 Å². The van der Waals surface area contributed by atoms with Gasteiger partial charge < -0.3 is 4.74 Å². The normalized spacial score (nSPS) is 52.9. The molecule has 8 aliphatic rings. The topological polar surface area (TPSA) is 9.23 Å². The average molecular weight is 818 g/mol. The van der Waals surface area contributed by atoms with Crippen molar-refractivity contribution in [2.24, 2.45) is 129 Å². The monoisotopic (exact) mass is 817 g/mol. The highest BCUT2D eigenvalue weighted by molar-refractivity contribution is 6.80. The molecule has 0 N–H and O–H groups in total. The van der Waals surface area contributed by atoms with E-state index in [1.54, 1.807) is 51.4 Å². The third kappa shape index (κ3) is 8.00. The summed E-state index contributed by atoms with van der Waals surface area (Å²) < 4.78 is 6.88. The maximum absolute atomic E-state index is 6.88. The Kier molecular flexibility index (Phi) is 12.8. The lowest BCUT2D eigenvalue weighted by atomic mass is 9.50. The second-order valence-corrected chi connectivity index (χ2v) is 33.1. The van der Waals surface area contributed by atoms with Gasteiger partial charge >= 0.3 is 0 Å². The fraction of sp³-hybridized carbons (Fsp3) is 1.00. The summed E-state index contributed by atoms with van der Waals surface area (Å²) in [5.41, 5.74) is 2.75. The first-order valence-electron chi connectivity index (χ1n) is 26.7. The van der Waals surface area contributed by atoms with E-state index in [0.29, 0.717) is 22.9 Å². The van der Waals surface area contributed by atoms with E-state index in [1.165, 1.54) is 51.4 Å². The number of hydrogen-bond acceptors (Lipinski definition) is 1. The third-order valence-electron chi connectivity index (χ3n) is 21.9. The van der Waals surface area contributed by atoms with Crippen molar-refractivity contribution in [3.05, 3.63) is 0 Å². The van der Waals surface area contributed by atoms with E-state index in [2.05, 4.69) is 103 Å². The Balaban J connectivity index is 1.17. The summed E-state index contributed by atoms with van der Waals surface area (Å²) >= 11 is 0. The van der Waals surface area contributed by atoms with Crippen molar-refractivity contribution in [3.63, 3.8) is 0 Å². The molecule has 8 fully saturated rings. The molecule has 0 heterocycles. The van der Waals surface area contributed by atoms with Crippen molar-refractivity contribution in [1.82, 2.24) is 0 Å². The number of fused-ring (bicyclic) bond motifs is 3. The zero-order chi connectivity index (χ0) is 41.8. The Morgan fingerprint density at radius 2 is 0.931 bits per heavy atom. The van der Waals surface area contributed by atoms with Gasteiger partial charge in [-0.25, -0.2) is 0 Å². The summed E-state index contributed by atoms with van der Waals surface area (Å²) in [7, 11) is 0.382. The van der Waals surface area contributed by atoms with E-state index < -0.39 is 8.07 Å². The summed E-state index contributed by atoms with van der Waals surface area (Å²) in [5.74, 6) is 18.8. The predicted octanol–water partition coefficient (Wildman–Crippen LogP) is 16.3. The molecule has 0 aromatic rings. The van der Waals surface area contributed by atoms with Crippen molar-refractivity contribution >= 4 is 8.07 Å². The highest BCUT2D eigenvalue weighted by atomic mass is 28.3. The zero-order valence-corrected chi connectivity index (χ0v) is 42.5. The maximum atomic E-state index is 6.88. The quantitative estimate of drug-likeness (QED) is 0.243. The lowest BCUT2D eigenvalue weighted by molar-refractivity contribution is -0.120. The van der Waals surface area contributed by atoms with Crippen LogP contribution in [0, 0.1) is 129 Å². The van der Waals surface area contributed by atoms with Crippen LogP contribution in [-0.4, -0.2) is 21.3 Å². The van der Waals surface area contributed by atoms with E-state index in [-0.39, 0.29) is 0 Å². The van der Waals surface area contributed by atoms with Gasteiger partial charge in [0.15, 0.2) is 0 Å². The van der Waals surface area contributed by atoms with Gasteiger partial charge in [-0.05, 0) is 237 Å². The van der Waals surface area contributed by atoms with Gasteiger partial charge in [0, 0.05) is 7.11 Å². The molecule has 19 atom stereocenters. The highest BCUT2D eigenvalue weighted by Crippen LogP contribution is 2.73. The molecule has 8 rings (SSSR count). The molecular formula is C56H100OSi. The molecule has 1 nitrogen and oxygen atoms in total. The van der Waals surface area contributed by atoms with Crippen molar-refractivity contribution in [1.29, 1.82) is 0 Å². The fourth-order valence-corrected chi connectivity index (χ4v) is 27.5. The molecule has 58 heavy (non-hydrogen) atoms. The van der Waals surface area contributed by atoms with Gasteiger partial charge in [0.1, 0.15) is 0 Å². The molecule has 17 unspecified atom stereocenters. The molecule has 8 saturated carbocycles. The SMILES string of the molecule is COC1C(C(C)(C)C)CC2C(CC(C)C2[Si](C)(C)C2C(C)CC3C2C(C2CC(C)CC(C)C2)C2CCCC2[C@@H]3C2CC(C)CC(C)C2)[C@H]1C1CCC(C(C)(C)C)CC1. The molecular weight excluding hydrogens is 717 g/mol. The number of ether oxygens (including phenoxy) is 1. The highest BCUT2D eigenvalue weighted by Gasteiger charge is 2.67. The third-order valence-corrected chi connectivity index (χ3v) is 27.3. The van der Waals surface area contributed by atoms with Crippen LogP contribution in [0.3, 0.4) is 0 Å². The Morgan fingerprint density at radius 3 is 1.45 bits per heavy atom. The van der Waals surface area contributed by atoms with Gasteiger partial charge in [0.05, 0.1) is 14.2 Å². The molecule has 8 aliphatic carbocycles. The van der Waals surface area contributed by atoms with E-state index in [9.17, 15) is 0 Å². The number of hydrogen-bond donors (Lipinski definition) is 0. The van der Waals surface area contributed by atoms with Crippen LogP contribution in [0.4, 0.5) is 0 Å². The van der Waals surface area contributed by atoms with Crippen molar-refractivity contribution in [2.45, 2.75) is 216 Å². The smallest absolute Gasteiger partial charge is 0.0638 e. The van der Waals surface area contributed by atoms with Crippen LogP contribution in [-0.2, 0) is 4.74 Å². The van der Waals surface area contributed by atoms with Crippen molar-refractivity contribution in [2.75, 3.05) is 7.11 Å². The molecule has 0 radical (unpaired) electrons. The van der Waals surface area contributed by atoms with Crippen LogP contribution in [0.2, 0.25) is 24.2 Å². The molecule has 0 aromatic carbocycles. The molecule has 0 aliphatic heterocycles. The molecule has 0 amide bonds. The van der Waals surface area contributed by atoms with Crippen LogP contribution in [0.1, 0.15) is 186 Å². The standard InChI is InChI=1S/C56H100OSi/c1-32-23-33(2)26-39(25-32)48-42-17-16-18-43(42)49(40-27-34(3)24-35(4)28-40)51-46(48)30-37(6)54(51)58(14,15)53-36(5)29-44-45(53)31-47(56(10,11)12)52(57-13)50(44)38-19-21-41(22-20-38)55(7,8)9/h32-54H,16-31H2,1-15H3/t32?,33?,34?,35?,36?,37?,38?,39?,40?,41?,42?,43?,44?,45?,46?,47?,48-,49?,50+,51?,52?,53?,54?/m0/s1. The van der Waals surface area contributed by atoms with Gasteiger partial charge in [-0.1, -0.05) is 103 Å². The van der Waals surface area contributed by atoms with Crippen LogP contribution < -0.4 is 0 Å². The van der Waals surface area contributed by atoms with Crippen LogP contribution >= 0.6 is 0 Å². The Labute approximate surface area is 363 Å². The Morgan fingerprint density at radius 1 is 0.431 bits per heavy atom. The first kappa shape index (κ1) is 44.8. The first-order valence-corrected chi connectivity index (χ1v) is 29.9. The molecule has 334 valence electrons. The zero-order valence-electron chi connectivity index (χ0n) is 41.5. The largest absolute Gasteiger partial charge is 0.381 e. The first-order chi connectivity index (χ1) is 27.2. The van der Waals surface area contributed by atoms with E-state index in [1.807, 2.05) is 0 Å². The lowest BCUT2D eigenvalue weighted by Gasteiger charge is -2.59. The average Bonchev–Trinajstić information content (AvgIpc) is 3.82. The van der Waals surface area contributed by atoms with E-state index >= 15 is 0 Å². The van der Waals surface area contributed by atoms with Gasteiger partial charge in [-0.15, -0.1) is 0 Å². The molecule has 0 aromatic heterocycles. The van der Waals surface area contributed by atoms with Crippen LogP contribution in [0.5, 0.6) is 0 Å². The summed E-state index contributed by atoms with van der Waals surface area (Å²) in [6, 6.07) is 0. The fourth-order valence-electron chi connectivity index (χ4n) is 20.9. The number of rotatable bonds is 6. The summed E-state index contributed by atoms with van der Waals surface area (Å²) in [4.78, 5) is 0. The lowest BCUT2D eigenvalue weighted by Crippen LogP contribution is -2.56. The second kappa shape index (κ2) is 16.6. The Hall–Kier alpha value is 0.177. The van der Waals surface area contributed by atoms with E-state index in [4.69, 9.17) is 4.74 Å². The molecule has 0 saturated heterocycles. The summed E-state index contributed by atoms with van der Waals surface area (Å²) in [5, 5.41) is 0. The number of methoxy groups -OCH3 is 1. The maximum Gasteiger partial charge on any atom is 0.0638 e. The predicted molar refractivity (Wildman–Crippen MR) is 252 cm³/mol. The summed E-state index contributed by atoms with van der Waals surface area (Å²) in [6.07, 6.45) is 24.7. The minimum absolute atomic E-state index is 0.294. The van der Waals surface area contributed by atoms with Crippen molar-refractivity contribution < 1.29 is 4.74 Å². The Bertz CT molecular complexity index is 1360. The summed E-state index contributed by atoms with van der Waals surface area (Å²) in [6.45, 7) is 37.8. The molecule has 0 bridgehead atoms. The molecule has 2 heteroatoms. The minimum Gasteiger partial charge on any atom is -0.381 e. The van der Waals surface area contributed by atoms with Crippen LogP contribution in [0.15, 0.2) is 0 Å². The van der Waals surface area contributed by atoms with E-state index in [0.717, 1.165) is 124 Å². The second-order valence-electron chi connectivity index (χ2n) is 28.1. The molecule has 0 spiro atoms. The van der Waals surface area contributed by atoms with Gasteiger partial charge in [0.2, 0.25) is 0 Å². The van der Waals surface area contributed by atoms with Crippen LogP contribution in [0.25, 0.3) is 0 Å².